The minimum Gasteiger partial charge on any atom is -0.381 e. The number of hydrogen-bond donors (Lipinski definition) is 1. The Kier molecular flexibility index (Phi) is 5.10. The summed E-state index contributed by atoms with van der Waals surface area (Å²) < 4.78 is 2.23. The van der Waals surface area contributed by atoms with Crippen LogP contribution in [0.25, 0.3) is 0 Å². The molecule has 1 saturated heterocycles. The summed E-state index contributed by atoms with van der Waals surface area (Å²) in [4.78, 5) is 2.42. The molecule has 1 aromatic carbocycles. The number of nitrogens with zero attached hydrogens (tertiary/aromatic N) is 1. The Morgan fingerprint density at radius 1 is 1.28 bits per heavy atom. The topological polar surface area (TPSA) is 15.3 Å². The van der Waals surface area contributed by atoms with Gasteiger partial charge in [-0.05, 0) is 79.9 Å². The predicted molar refractivity (Wildman–Crippen MR) is 85.1 cm³/mol. The molecule has 0 radical (unpaired) electrons. The molecule has 1 atom stereocenters. The van der Waals surface area contributed by atoms with Gasteiger partial charge in [0.25, 0.3) is 0 Å². The third-order valence-electron chi connectivity index (χ3n) is 3.78. The van der Waals surface area contributed by atoms with Crippen LogP contribution in [0.1, 0.15) is 19.8 Å². The van der Waals surface area contributed by atoms with E-state index in [4.69, 9.17) is 0 Å². The molecule has 2 rings (SSSR count). The van der Waals surface area contributed by atoms with E-state index in [0.717, 1.165) is 14.9 Å². The SMILES string of the molecule is CC(Nc1ccc(Br)cc1Br)C1CCN(C)CC1. The van der Waals surface area contributed by atoms with Crippen molar-refractivity contribution in [1.29, 1.82) is 0 Å². The number of piperidine rings is 1. The monoisotopic (exact) mass is 374 g/mol. The van der Waals surface area contributed by atoms with Crippen molar-refractivity contribution >= 4 is 37.5 Å². The van der Waals surface area contributed by atoms with Crippen molar-refractivity contribution in [3.8, 4) is 0 Å². The van der Waals surface area contributed by atoms with E-state index in [1.807, 2.05) is 0 Å². The van der Waals surface area contributed by atoms with Gasteiger partial charge in [-0.15, -0.1) is 0 Å². The van der Waals surface area contributed by atoms with Crippen LogP contribution < -0.4 is 5.32 Å². The Morgan fingerprint density at radius 3 is 2.56 bits per heavy atom. The summed E-state index contributed by atoms with van der Waals surface area (Å²) >= 11 is 7.09. The van der Waals surface area contributed by atoms with Crippen LogP contribution in [0.3, 0.4) is 0 Å². The lowest BCUT2D eigenvalue weighted by atomic mass is 9.90. The van der Waals surface area contributed by atoms with E-state index < -0.39 is 0 Å². The maximum atomic E-state index is 3.64. The first kappa shape index (κ1) is 14.4. The number of hydrogen-bond acceptors (Lipinski definition) is 2. The second kappa shape index (κ2) is 6.40. The van der Waals surface area contributed by atoms with E-state index in [-0.39, 0.29) is 0 Å². The minimum atomic E-state index is 0.524. The van der Waals surface area contributed by atoms with E-state index in [0.29, 0.717) is 6.04 Å². The largest absolute Gasteiger partial charge is 0.381 e. The summed E-state index contributed by atoms with van der Waals surface area (Å²) in [5, 5.41) is 3.64. The van der Waals surface area contributed by atoms with Crippen molar-refractivity contribution in [1.82, 2.24) is 4.90 Å². The van der Waals surface area contributed by atoms with Crippen LogP contribution in [0.15, 0.2) is 27.1 Å². The first-order valence-electron chi connectivity index (χ1n) is 6.46. The fraction of sp³-hybridized carbons (Fsp3) is 0.571. The smallest absolute Gasteiger partial charge is 0.0487 e. The molecule has 1 fully saturated rings. The standard InChI is InChI=1S/C14H20Br2N2/c1-10(11-5-7-18(2)8-6-11)17-14-4-3-12(15)9-13(14)16/h3-4,9-11,17H,5-8H2,1-2H3. The summed E-state index contributed by atoms with van der Waals surface area (Å²) in [5.41, 5.74) is 1.18. The van der Waals surface area contributed by atoms with E-state index in [1.165, 1.54) is 31.6 Å². The van der Waals surface area contributed by atoms with Crippen LogP contribution in [-0.4, -0.2) is 31.1 Å². The van der Waals surface area contributed by atoms with Gasteiger partial charge in [0.2, 0.25) is 0 Å². The van der Waals surface area contributed by atoms with Crippen LogP contribution in [-0.2, 0) is 0 Å². The van der Waals surface area contributed by atoms with Crippen LogP contribution in [0.2, 0.25) is 0 Å². The fourth-order valence-electron chi connectivity index (χ4n) is 2.50. The Bertz CT molecular complexity index is 401. The van der Waals surface area contributed by atoms with Crippen molar-refractivity contribution in [2.75, 3.05) is 25.5 Å². The Hall–Kier alpha value is -0.0600. The summed E-state index contributed by atoms with van der Waals surface area (Å²) in [7, 11) is 2.21. The van der Waals surface area contributed by atoms with Crippen LogP contribution in [0.5, 0.6) is 0 Å². The lowest BCUT2D eigenvalue weighted by Gasteiger charge is -2.33. The maximum absolute atomic E-state index is 3.64. The molecule has 4 heteroatoms. The van der Waals surface area contributed by atoms with Crippen molar-refractivity contribution in [2.24, 2.45) is 5.92 Å². The summed E-state index contributed by atoms with van der Waals surface area (Å²) in [5.74, 6) is 0.775. The van der Waals surface area contributed by atoms with E-state index in [1.54, 1.807) is 0 Å². The van der Waals surface area contributed by atoms with Gasteiger partial charge in [0, 0.05) is 20.7 Å². The Morgan fingerprint density at radius 2 is 1.94 bits per heavy atom. The number of benzene rings is 1. The highest BCUT2D eigenvalue weighted by atomic mass is 79.9. The highest BCUT2D eigenvalue weighted by molar-refractivity contribution is 9.11. The second-order valence-electron chi connectivity index (χ2n) is 5.20. The zero-order chi connectivity index (χ0) is 13.1. The van der Waals surface area contributed by atoms with Gasteiger partial charge in [0.1, 0.15) is 0 Å². The zero-order valence-corrected chi connectivity index (χ0v) is 14.1. The van der Waals surface area contributed by atoms with Gasteiger partial charge in [-0.2, -0.15) is 0 Å². The average molecular weight is 376 g/mol. The molecule has 1 aliphatic heterocycles. The molecule has 1 N–H and O–H groups in total. The van der Waals surface area contributed by atoms with Gasteiger partial charge in [-0.25, -0.2) is 0 Å². The Labute approximate surface area is 126 Å². The first-order valence-corrected chi connectivity index (χ1v) is 8.05. The molecule has 0 aromatic heterocycles. The minimum absolute atomic E-state index is 0.524. The third kappa shape index (κ3) is 3.72. The number of likely N-dealkylation sites (tertiary alicyclic amines) is 1. The molecular weight excluding hydrogens is 356 g/mol. The molecule has 1 aliphatic rings. The molecule has 0 aliphatic carbocycles. The average Bonchev–Trinajstić information content (AvgIpc) is 2.33. The second-order valence-corrected chi connectivity index (χ2v) is 6.97. The van der Waals surface area contributed by atoms with Gasteiger partial charge in [0.15, 0.2) is 0 Å². The van der Waals surface area contributed by atoms with E-state index in [9.17, 15) is 0 Å². The lowest BCUT2D eigenvalue weighted by molar-refractivity contribution is 0.208. The van der Waals surface area contributed by atoms with Crippen LogP contribution >= 0.6 is 31.9 Å². The summed E-state index contributed by atoms with van der Waals surface area (Å²) in [6.45, 7) is 4.74. The molecule has 0 spiro atoms. The number of rotatable bonds is 3. The summed E-state index contributed by atoms with van der Waals surface area (Å²) in [6, 6.07) is 6.81. The van der Waals surface area contributed by atoms with Gasteiger partial charge in [-0.1, -0.05) is 15.9 Å². The Balaban J connectivity index is 1.96. The quantitative estimate of drug-likeness (QED) is 0.844. The number of nitrogens with one attached hydrogen (secondary N) is 1. The third-order valence-corrected chi connectivity index (χ3v) is 4.93. The fourth-order valence-corrected chi connectivity index (χ4v) is 3.66. The molecule has 0 saturated carbocycles. The maximum Gasteiger partial charge on any atom is 0.0487 e. The molecule has 18 heavy (non-hydrogen) atoms. The van der Waals surface area contributed by atoms with Gasteiger partial charge in [-0.3, -0.25) is 0 Å². The number of anilines is 1. The highest BCUT2D eigenvalue weighted by Crippen LogP contribution is 2.29. The van der Waals surface area contributed by atoms with Crippen molar-refractivity contribution < 1.29 is 0 Å². The molecule has 1 aromatic rings. The molecule has 0 bridgehead atoms. The molecule has 100 valence electrons. The van der Waals surface area contributed by atoms with Crippen LogP contribution in [0, 0.1) is 5.92 Å². The van der Waals surface area contributed by atoms with E-state index in [2.05, 4.69) is 74.2 Å². The highest BCUT2D eigenvalue weighted by Gasteiger charge is 2.22. The normalized spacial score (nSPS) is 19.8. The van der Waals surface area contributed by atoms with E-state index >= 15 is 0 Å². The molecule has 1 unspecified atom stereocenters. The van der Waals surface area contributed by atoms with Crippen molar-refractivity contribution in [3.05, 3.63) is 27.1 Å². The van der Waals surface area contributed by atoms with Gasteiger partial charge < -0.3 is 10.2 Å². The van der Waals surface area contributed by atoms with Crippen molar-refractivity contribution in [2.45, 2.75) is 25.8 Å². The number of halogens is 2. The van der Waals surface area contributed by atoms with Crippen molar-refractivity contribution in [3.63, 3.8) is 0 Å². The predicted octanol–water partition coefficient (Wildman–Crippen LogP) is 4.35. The summed E-state index contributed by atoms with van der Waals surface area (Å²) in [6.07, 6.45) is 2.58. The molecule has 1 heterocycles. The van der Waals surface area contributed by atoms with Gasteiger partial charge in [0.05, 0.1) is 0 Å². The first-order chi connectivity index (χ1) is 8.56. The zero-order valence-electron chi connectivity index (χ0n) is 10.9. The molecule has 2 nitrogen and oxygen atoms in total. The molecule has 0 amide bonds. The van der Waals surface area contributed by atoms with Gasteiger partial charge >= 0.3 is 0 Å². The van der Waals surface area contributed by atoms with Crippen LogP contribution in [0.4, 0.5) is 5.69 Å². The molecular formula is C14H20Br2N2. The lowest BCUT2D eigenvalue weighted by Crippen LogP contribution is -2.37.